The molecule has 0 aliphatic carbocycles. The SMILES string of the molecule is CC(=O)OCC(O)COCCCCOCC(O)COC(C)=O. The Hall–Kier alpha value is -1.22. The number of hydrogen-bond acceptors (Lipinski definition) is 8. The molecule has 8 heteroatoms. The average Bonchev–Trinajstić information content (AvgIpc) is 2.45. The summed E-state index contributed by atoms with van der Waals surface area (Å²) in [7, 11) is 0. The molecule has 0 aliphatic rings. The Bertz CT molecular complexity index is 277. The van der Waals surface area contributed by atoms with E-state index in [4.69, 9.17) is 9.47 Å². The Morgan fingerprint density at radius 3 is 1.45 bits per heavy atom. The van der Waals surface area contributed by atoms with Crippen molar-refractivity contribution in [1.29, 1.82) is 0 Å². The number of aliphatic hydroxyl groups is 2. The molecule has 0 saturated carbocycles. The molecule has 0 amide bonds. The lowest BCUT2D eigenvalue weighted by Gasteiger charge is -2.12. The van der Waals surface area contributed by atoms with Crippen LogP contribution in [0.4, 0.5) is 0 Å². The van der Waals surface area contributed by atoms with Crippen LogP contribution in [0, 0.1) is 0 Å². The van der Waals surface area contributed by atoms with E-state index in [0.717, 1.165) is 12.8 Å². The predicted octanol–water partition coefficient (Wildman–Crippen LogP) is -0.352. The number of rotatable bonds is 13. The molecule has 0 aromatic carbocycles. The summed E-state index contributed by atoms with van der Waals surface area (Å²) in [6, 6.07) is 0. The fraction of sp³-hybridized carbons (Fsp3) is 0.857. The zero-order chi connectivity index (χ0) is 16.8. The van der Waals surface area contributed by atoms with E-state index in [-0.39, 0.29) is 26.4 Å². The van der Waals surface area contributed by atoms with Crippen LogP contribution in [-0.4, -0.2) is 74.0 Å². The Labute approximate surface area is 130 Å². The number of aliphatic hydroxyl groups excluding tert-OH is 2. The highest BCUT2D eigenvalue weighted by Crippen LogP contribution is 1.96. The Kier molecular flexibility index (Phi) is 12.7. The second-order valence-corrected chi connectivity index (χ2v) is 4.77. The van der Waals surface area contributed by atoms with Gasteiger partial charge in [0.2, 0.25) is 0 Å². The van der Waals surface area contributed by atoms with Crippen LogP contribution in [0.3, 0.4) is 0 Å². The molecule has 0 radical (unpaired) electrons. The van der Waals surface area contributed by atoms with Gasteiger partial charge >= 0.3 is 11.9 Å². The summed E-state index contributed by atoms with van der Waals surface area (Å²) in [6.45, 7) is 3.53. The molecule has 0 aromatic rings. The number of carbonyl (C=O) groups is 2. The highest BCUT2D eigenvalue weighted by atomic mass is 16.6. The van der Waals surface area contributed by atoms with E-state index in [1.807, 2.05) is 0 Å². The van der Waals surface area contributed by atoms with E-state index in [2.05, 4.69) is 9.47 Å². The number of hydrogen-bond donors (Lipinski definition) is 2. The normalized spacial score (nSPS) is 13.5. The van der Waals surface area contributed by atoms with Crippen LogP contribution in [0.1, 0.15) is 26.7 Å². The van der Waals surface area contributed by atoms with Gasteiger partial charge in [0.05, 0.1) is 13.2 Å². The molecule has 0 rings (SSSR count). The third-order valence-corrected chi connectivity index (χ3v) is 2.41. The lowest BCUT2D eigenvalue weighted by molar-refractivity contribution is -0.146. The number of esters is 2. The summed E-state index contributed by atoms with van der Waals surface area (Å²) in [5.41, 5.74) is 0. The first kappa shape index (κ1) is 20.8. The van der Waals surface area contributed by atoms with Gasteiger partial charge in [-0.1, -0.05) is 0 Å². The molecule has 2 unspecified atom stereocenters. The second-order valence-electron chi connectivity index (χ2n) is 4.77. The Morgan fingerprint density at radius 1 is 0.773 bits per heavy atom. The Balaban J connectivity index is 3.29. The van der Waals surface area contributed by atoms with Crippen molar-refractivity contribution in [1.82, 2.24) is 0 Å². The number of unbranched alkanes of at least 4 members (excludes halogenated alkanes) is 1. The van der Waals surface area contributed by atoms with Crippen molar-refractivity contribution in [2.75, 3.05) is 39.6 Å². The van der Waals surface area contributed by atoms with Crippen molar-refractivity contribution in [3.05, 3.63) is 0 Å². The minimum absolute atomic E-state index is 0.0708. The van der Waals surface area contributed by atoms with Crippen molar-refractivity contribution >= 4 is 11.9 Å². The fourth-order valence-corrected chi connectivity index (χ4v) is 1.37. The number of ether oxygens (including phenoxy) is 4. The summed E-state index contributed by atoms with van der Waals surface area (Å²) in [6.07, 6.45) is -0.172. The topological polar surface area (TPSA) is 112 Å². The molecule has 0 heterocycles. The lowest BCUT2D eigenvalue weighted by Crippen LogP contribution is -2.23. The molecular weight excluding hydrogens is 296 g/mol. The summed E-state index contributed by atoms with van der Waals surface area (Å²) in [4.78, 5) is 21.0. The average molecular weight is 322 g/mol. The standard InChI is InChI=1S/C14H26O8/c1-11(15)21-9-13(17)7-19-5-3-4-6-20-8-14(18)10-22-12(2)16/h13-14,17-18H,3-10H2,1-2H3. The summed E-state index contributed by atoms with van der Waals surface area (Å²) < 4.78 is 19.7. The van der Waals surface area contributed by atoms with Crippen LogP contribution in [0.15, 0.2) is 0 Å². The van der Waals surface area contributed by atoms with Crippen molar-refractivity contribution in [3.63, 3.8) is 0 Å². The molecule has 0 fully saturated rings. The first-order valence-corrected chi connectivity index (χ1v) is 7.20. The fourth-order valence-electron chi connectivity index (χ4n) is 1.37. The van der Waals surface area contributed by atoms with Crippen LogP contribution >= 0.6 is 0 Å². The summed E-state index contributed by atoms with van der Waals surface area (Å²) >= 11 is 0. The molecular formula is C14H26O8. The maximum atomic E-state index is 10.5. The van der Waals surface area contributed by atoms with Crippen molar-refractivity contribution in [3.8, 4) is 0 Å². The molecule has 8 nitrogen and oxygen atoms in total. The van der Waals surface area contributed by atoms with E-state index in [0.29, 0.717) is 13.2 Å². The molecule has 0 saturated heterocycles. The van der Waals surface area contributed by atoms with Gasteiger partial charge in [-0.15, -0.1) is 0 Å². The largest absolute Gasteiger partial charge is 0.463 e. The van der Waals surface area contributed by atoms with Gasteiger partial charge in [0.15, 0.2) is 0 Å². The van der Waals surface area contributed by atoms with Gasteiger partial charge in [0, 0.05) is 27.1 Å². The molecule has 0 aromatic heterocycles. The maximum absolute atomic E-state index is 10.5. The smallest absolute Gasteiger partial charge is 0.302 e. The van der Waals surface area contributed by atoms with Crippen LogP contribution in [-0.2, 0) is 28.5 Å². The van der Waals surface area contributed by atoms with E-state index >= 15 is 0 Å². The first-order valence-electron chi connectivity index (χ1n) is 7.20. The van der Waals surface area contributed by atoms with Gasteiger partial charge in [-0.2, -0.15) is 0 Å². The van der Waals surface area contributed by atoms with E-state index in [9.17, 15) is 19.8 Å². The zero-order valence-electron chi connectivity index (χ0n) is 13.2. The van der Waals surface area contributed by atoms with Crippen LogP contribution in [0.25, 0.3) is 0 Å². The maximum Gasteiger partial charge on any atom is 0.302 e. The van der Waals surface area contributed by atoms with Crippen LogP contribution < -0.4 is 0 Å². The highest BCUT2D eigenvalue weighted by molar-refractivity contribution is 5.66. The minimum atomic E-state index is -0.823. The minimum Gasteiger partial charge on any atom is -0.463 e. The van der Waals surface area contributed by atoms with Gasteiger partial charge in [-0.05, 0) is 12.8 Å². The Morgan fingerprint density at radius 2 is 1.14 bits per heavy atom. The van der Waals surface area contributed by atoms with Crippen molar-refractivity contribution in [2.45, 2.75) is 38.9 Å². The van der Waals surface area contributed by atoms with Gasteiger partial charge in [0.1, 0.15) is 25.4 Å². The highest BCUT2D eigenvalue weighted by Gasteiger charge is 2.07. The van der Waals surface area contributed by atoms with Crippen LogP contribution in [0.5, 0.6) is 0 Å². The third-order valence-electron chi connectivity index (χ3n) is 2.41. The van der Waals surface area contributed by atoms with Gasteiger partial charge in [-0.25, -0.2) is 0 Å². The third kappa shape index (κ3) is 15.2. The van der Waals surface area contributed by atoms with E-state index in [1.165, 1.54) is 13.8 Å². The molecule has 0 bridgehead atoms. The molecule has 130 valence electrons. The van der Waals surface area contributed by atoms with E-state index < -0.39 is 24.1 Å². The predicted molar refractivity (Wildman–Crippen MR) is 76.2 cm³/mol. The molecule has 0 aliphatic heterocycles. The molecule has 2 atom stereocenters. The van der Waals surface area contributed by atoms with Gasteiger partial charge in [0.25, 0.3) is 0 Å². The summed E-state index contributed by atoms with van der Waals surface area (Å²) in [5, 5.41) is 18.8. The van der Waals surface area contributed by atoms with Crippen LogP contribution in [0.2, 0.25) is 0 Å². The van der Waals surface area contributed by atoms with Gasteiger partial charge in [-0.3, -0.25) is 9.59 Å². The second kappa shape index (κ2) is 13.4. The molecule has 22 heavy (non-hydrogen) atoms. The first-order chi connectivity index (χ1) is 10.4. The molecule has 0 spiro atoms. The quantitative estimate of drug-likeness (QED) is 0.349. The van der Waals surface area contributed by atoms with Crippen molar-refractivity contribution in [2.24, 2.45) is 0 Å². The monoisotopic (exact) mass is 322 g/mol. The summed E-state index contributed by atoms with van der Waals surface area (Å²) in [5.74, 6) is -0.876. The number of carbonyl (C=O) groups excluding carboxylic acids is 2. The zero-order valence-corrected chi connectivity index (χ0v) is 13.2. The van der Waals surface area contributed by atoms with E-state index in [1.54, 1.807) is 0 Å². The van der Waals surface area contributed by atoms with Crippen molar-refractivity contribution < 1.29 is 38.7 Å². The molecule has 2 N–H and O–H groups in total. The van der Waals surface area contributed by atoms with Gasteiger partial charge < -0.3 is 29.2 Å². The lowest BCUT2D eigenvalue weighted by atomic mass is 10.3.